The molecule has 6 nitrogen and oxygen atoms in total. The van der Waals surface area contributed by atoms with Crippen LogP contribution in [0.15, 0.2) is 12.2 Å². The van der Waals surface area contributed by atoms with Crippen molar-refractivity contribution >= 4 is 17.9 Å². The van der Waals surface area contributed by atoms with Gasteiger partial charge in [0.05, 0.1) is 5.92 Å². The minimum absolute atomic E-state index is 0.0463. The number of carbonyl (C=O) groups is 3. The van der Waals surface area contributed by atoms with E-state index < -0.39 is 24.6 Å². The van der Waals surface area contributed by atoms with E-state index in [2.05, 4.69) is 6.58 Å². The fourth-order valence-electron chi connectivity index (χ4n) is 3.66. The lowest BCUT2D eigenvalue weighted by Crippen LogP contribution is -2.39. The molecular formula is C15H18O6. The summed E-state index contributed by atoms with van der Waals surface area (Å²) >= 11 is 0. The highest BCUT2D eigenvalue weighted by molar-refractivity contribution is 5.88. The van der Waals surface area contributed by atoms with Gasteiger partial charge in [-0.3, -0.25) is 4.79 Å². The van der Waals surface area contributed by atoms with Gasteiger partial charge in [-0.2, -0.15) is 0 Å². The average molecular weight is 294 g/mol. The third-order valence-corrected chi connectivity index (χ3v) is 4.56. The Kier molecular flexibility index (Phi) is 3.47. The fourth-order valence-corrected chi connectivity index (χ4v) is 3.66. The van der Waals surface area contributed by atoms with Crippen molar-refractivity contribution in [3.05, 3.63) is 12.2 Å². The van der Waals surface area contributed by atoms with Crippen LogP contribution < -0.4 is 0 Å². The van der Waals surface area contributed by atoms with Crippen molar-refractivity contribution in [2.45, 2.75) is 38.4 Å². The van der Waals surface area contributed by atoms with Gasteiger partial charge in [-0.1, -0.05) is 6.58 Å². The fraction of sp³-hybridized carbons (Fsp3) is 0.667. The molecule has 5 unspecified atom stereocenters. The second-order valence-electron chi connectivity index (χ2n) is 6.14. The third kappa shape index (κ3) is 2.54. The molecule has 0 radical (unpaired) electrons. The Morgan fingerprint density at radius 2 is 2.00 bits per heavy atom. The molecule has 6 heteroatoms. The highest BCUT2D eigenvalue weighted by atomic mass is 16.6. The molecule has 114 valence electrons. The summed E-state index contributed by atoms with van der Waals surface area (Å²) in [5, 5.41) is 0. The topological polar surface area (TPSA) is 78.9 Å². The zero-order chi connectivity index (χ0) is 15.1. The lowest BCUT2D eigenvalue weighted by atomic mass is 9.79. The molecule has 3 aliphatic rings. The van der Waals surface area contributed by atoms with Gasteiger partial charge in [0.25, 0.3) is 0 Å². The quantitative estimate of drug-likeness (QED) is 0.437. The maximum atomic E-state index is 11.8. The molecule has 0 aromatic carbocycles. The van der Waals surface area contributed by atoms with Crippen LogP contribution in [0.25, 0.3) is 0 Å². The summed E-state index contributed by atoms with van der Waals surface area (Å²) in [6.07, 6.45) is 1.75. The van der Waals surface area contributed by atoms with E-state index in [-0.39, 0.29) is 29.5 Å². The van der Waals surface area contributed by atoms with E-state index in [4.69, 9.17) is 14.2 Å². The summed E-state index contributed by atoms with van der Waals surface area (Å²) in [4.78, 5) is 34.8. The normalized spacial score (nSPS) is 36.0. The number of ether oxygens (including phenoxy) is 3. The molecule has 1 heterocycles. The Bertz CT molecular complexity index is 510. The van der Waals surface area contributed by atoms with Gasteiger partial charge in [0, 0.05) is 17.4 Å². The summed E-state index contributed by atoms with van der Waals surface area (Å²) in [6.45, 7) is 4.50. The Morgan fingerprint density at radius 3 is 2.71 bits per heavy atom. The van der Waals surface area contributed by atoms with Crippen LogP contribution in [0.5, 0.6) is 0 Å². The number of carbonyl (C=O) groups excluding carboxylic acids is 3. The van der Waals surface area contributed by atoms with Crippen molar-refractivity contribution in [1.82, 2.24) is 0 Å². The highest BCUT2D eigenvalue weighted by Gasteiger charge is 2.57. The Morgan fingerprint density at radius 1 is 1.29 bits per heavy atom. The standard InChI is InChI=1S/C15H18O6/c1-7(2)14(17)19-6-11(16)20-12-8-3-9-5-10(4-8)15(18)21-13(9)12/h8-10,12-13H,1,3-6H2,2H3. The molecule has 3 bridgehead atoms. The van der Waals surface area contributed by atoms with Gasteiger partial charge in [0.15, 0.2) is 6.61 Å². The lowest BCUT2D eigenvalue weighted by Gasteiger charge is -2.32. The van der Waals surface area contributed by atoms with Gasteiger partial charge in [0.2, 0.25) is 0 Å². The van der Waals surface area contributed by atoms with Crippen molar-refractivity contribution in [3.63, 3.8) is 0 Å². The molecule has 0 aromatic rings. The molecule has 2 saturated carbocycles. The average Bonchev–Trinajstić information content (AvgIpc) is 2.61. The largest absolute Gasteiger partial charge is 0.458 e. The summed E-state index contributed by atoms with van der Waals surface area (Å²) < 4.78 is 15.6. The maximum Gasteiger partial charge on any atom is 0.344 e. The number of hydrogen-bond acceptors (Lipinski definition) is 6. The van der Waals surface area contributed by atoms with E-state index in [1.165, 1.54) is 6.92 Å². The zero-order valence-corrected chi connectivity index (χ0v) is 11.9. The van der Waals surface area contributed by atoms with E-state index in [1.807, 2.05) is 0 Å². The van der Waals surface area contributed by atoms with Crippen molar-refractivity contribution in [2.75, 3.05) is 6.61 Å². The van der Waals surface area contributed by atoms with Gasteiger partial charge >= 0.3 is 17.9 Å². The first-order valence-corrected chi connectivity index (χ1v) is 7.18. The first-order valence-electron chi connectivity index (χ1n) is 7.18. The van der Waals surface area contributed by atoms with Crippen LogP contribution in [0, 0.1) is 17.8 Å². The minimum atomic E-state index is -0.621. The van der Waals surface area contributed by atoms with Crippen LogP contribution in [0.2, 0.25) is 0 Å². The summed E-state index contributed by atoms with van der Waals surface area (Å²) in [7, 11) is 0. The van der Waals surface area contributed by atoms with Gasteiger partial charge in [-0.05, 0) is 26.2 Å². The SMILES string of the molecule is C=C(C)C(=O)OCC(=O)OC1C2CC3CC(C2)C1OC3=O. The summed E-state index contributed by atoms with van der Waals surface area (Å²) in [6, 6.07) is 0. The van der Waals surface area contributed by atoms with Crippen molar-refractivity contribution in [3.8, 4) is 0 Å². The van der Waals surface area contributed by atoms with Crippen LogP contribution in [0.4, 0.5) is 0 Å². The van der Waals surface area contributed by atoms with E-state index in [9.17, 15) is 14.4 Å². The van der Waals surface area contributed by atoms with Gasteiger partial charge in [-0.15, -0.1) is 0 Å². The second kappa shape index (κ2) is 5.16. The van der Waals surface area contributed by atoms with Crippen LogP contribution in [-0.4, -0.2) is 36.7 Å². The Labute approximate surface area is 122 Å². The molecule has 3 fully saturated rings. The van der Waals surface area contributed by atoms with Gasteiger partial charge in [-0.25, -0.2) is 9.59 Å². The van der Waals surface area contributed by atoms with Crippen molar-refractivity contribution in [2.24, 2.45) is 17.8 Å². The highest BCUT2D eigenvalue weighted by Crippen LogP contribution is 2.51. The van der Waals surface area contributed by atoms with Crippen LogP contribution in [0.1, 0.15) is 26.2 Å². The zero-order valence-electron chi connectivity index (χ0n) is 11.9. The smallest absolute Gasteiger partial charge is 0.344 e. The summed E-state index contributed by atoms with van der Waals surface area (Å²) in [5.74, 6) is -0.984. The molecular weight excluding hydrogens is 276 g/mol. The molecule has 21 heavy (non-hydrogen) atoms. The number of hydrogen-bond donors (Lipinski definition) is 0. The van der Waals surface area contributed by atoms with Gasteiger partial charge < -0.3 is 14.2 Å². The van der Waals surface area contributed by atoms with E-state index in [0.717, 1.165) is 19.3 Å². The minimum Gasteiger partial charge on any atom is -0.458 e. The van der Waals surface area contributed by atoms with Crippen LogP contribution >= 0.6 is 0 Å². The second-order valence-corrected chi connectivity index (χ2v) is 6.14. The molecule has 3 rings (SSSR count). The van der Waals surface area contributed by atoms with E-state index >= 15 is 0 Å². The van der Waals surface area contributed by atoms with E-state index in [0.29, 0.717) is 5.92 Å². The van der Waals surface area contributed by atoms with E-state index in [1.54, 1.807) is 0 Å². The van der Waals surface area contributed by atoms with Crippen molar-refractivity contribution in [1.29, 1.82) is 0 Å². The molecule has 1 saturated heterocycles. The number of rotatable bonds is 4. The molecule has 2 aliphatic carbocycles. The first-order chi connectivity index (χ1) is 9.95. The first kappa shape index (κ1) is 14.1. The Hall–Kier alpha value is -1.85. The van der Waals surface area contributed by atoms with Crippen LogP contribution in [-0.2, 0) is 28.6 Å². The predicted octanol–water partition coefficient (Wildman–Crippen LogP) is 0.989. The molecule has 1 aliphatic heterocycles. The lowest BCUT2D eigenvalue weighted by molar-refractivity contribution is -0.177. The van der Waals surface area contributed by atoms with Gasteiger partial charge in [0.1, 0.15) is 12.2 Å². The molecule has 0 amide bonds. The number of esters is 3. The molecule has 0 spiro atoms. The summed E-state index contributed by atoms with van der Waals surface area (Å²) in [5.41, 5.74) is 0.229. The maximum absolute atomic E-state index is 11.8. The molecule has 0 N–H and O–H groups in total. The third-order valence-electron chi connectivity index (χ3n) is 4.56. The van der Waals surface area contributed by atoms with Crippen molar-refractivity contribution < 1.29 is 28.6 Å². The molecule has 5 atom stereocenters. The van der Waals surface area contributed by atoms with Crippen LogP contribution in [0.3, 0.4) is 0 Å². The monoisotopic (exact) mass is 294 g/mol. The number of fused-ring (bicyclic) bond motifs is 2. The molecule has 0 aromatic heterocycles. The Balaban J connectivity index is 1.58. The predicted molar refractivity (Wildman–Crippen MR) is 69.9 cm³/mol.